The molecule has 2 aromatic rings. The summed E-state index contributed by atoms with van der Waals surface area (Å²) in [7, 11) is 0. The van der Waals surface area contributed by atoms with Crippen molar-refractivity contribution in [3.8, 4) is 5.75 Å². The Hall–Kier alpha value is -1.26. The van der Waals surface area contributed by atoms with Crippen molar-refractivity contribution in [2.75, 3.05) is 0 Å². The van der Waals surface area contributed by atoms with Gasteiger partial charge in [-0.3, -0.25) is 0 Å². The number of hydrogen-bond donors (Lipinski definition) is 1. The molecule has 0 aliphatic rings. The first kappa shape index (κ1) is 12.2. The Bertz CT molecular complexity index is 480. The van der Waals surface area contributed by atoms with Crippen molar-refractivity contribution >= 4 is 15.9 Å². The van der Waals surface area contributed by atoms with Crippen LogP contribution in [0.4, 0.5) is 0 Å². The molecule has 0 fully saturated rings. The number of halogens is 1. The van der Waals surface area contributed by atoms with Crippen molar-refractivity contribution < 1.29 is 9.15 Å². The number of ether oxygens (including phenoxy) is 1. The maximum Gasteiger partial charge on any atom is 0.146 e. The minimum atomic E-state index is 0.00324. The quantitative estimate of drug-likeness (QED) is 0.937. The van der Waals surface area contributed by atoms with Crippen molar-refractivity contribution in [3.63, 3.8) is 0 Å². The molecule has 3 nitrogen and oxygen atoms in total. The number of nitrogens with two attached hydrogens (primary N) is 1. The van der Waals surface area contributed by atoms with E-state index in [1.807, 2.05) is 37.3 Å². The predicted octanol–water partition coefficient (Wildman–Crippen LogP) is 3.64. The fourth-order valence-corrected chi connectivity index (χ4v) is 2.23. The van der Waals surface area contributed by atoms with Gasteiger partial charge >= 0.3 is 0 Å². The summed E-state index contributed by atoms with van der Waals surface area (Å²) in [5.74, 6) is 1.59. The van der Waals surface area contributed by atoms with E-state index in [0.717, 1.165) is 21.5 Å². The highest BCUT2D eigenvalue weighted by atomic mass is 79.9. The van der Waals surface area contributed by atoms with Gasteiger partial charge in [-0.05, 0) is 36.8 Å². The summed E-state index contributed by atoms with van der Waals surface area (Å²) >= 11 is 3.48. The van der Waals surface area contributed by atoms with Crippen LogP contribution in [0.2, 0.25) is 0 Å². The molecule has 2 rings (SSSR count). The standard InChI is InChI=1S/C13H14BrNO2/c1-9(15)12-5-4-10(7-13(12)14)17-8-11-3-2-6-16-11/h2-7,9H,8,15H2,1H3/t9-/m0/s1. The van der Waals surface area contributed by atoms with E-state index in [4.69, 9.17) is 14.9 Å². The summed E-state index contributed by atoms with van der Waals surface area (Å²) in [5.41, 5.74) is 6.90. The van der Waals surface area contributed by atoms with Gasteiger partial charge in [0.2, 0.25) is 0 Å². The molecule has 0 saturated heterocycles. The summed E-state index contributed by atoms with van der Waals surface area (Å²) in [6.07, 6.45) is 1.63. The van der Waals surface area contributed by atoms with Gasteiger partial charge in [-0.2, -0.15) is 0 Å². The van der Waals surface area contributed by atoms with Crippen LogP contribution < -0.4 is 10.5 Å². The molecule has 0 bridgehead atoms. The van der Waals surface area contributed by atoms with E-state index in [9.17, 15) is 0 Å². The molecule has 1 aromatic heterocycles. The molecule has 0 aliphatic heterocycles. The Kier molecular flexibility index (Phi) is 3.86. The number of benzene rings is 1. The minimum absolute atomic E-state index is 0.00324. The van der Waals surface area contributed by atoms with E-state index in [-0.39, 0.29) is 6.04 Å². The average molecular weight is 296 g/mol. The van der Waals surface area contributed by atoms with Crippen LogP contribution in [-0.2, 0) is 6.61 Å². The van der Waals surface area contributed by atoms with E-state index >= 15 is 0 Å². The van der Waals surface area contributed by atoms with E-state index in [1.54, 1.807) is 6.26 Å². The first-order valence-electron chi connectivity index (χ1n) is 5.37. The lowest BCUT2D eigenvalue weighted by molar-refractivity contribution is 0.270. The Morgan fingerprint density at radius 1 is 1.41 bits per heavy atom. The van der Waals surface area contributed by atoms with Crippen LogP contribution in [0.5, 0.6) is 5.75 Å². The maximum absolute atomic E-state index is 5.83. The van der Waals surface area contributed by atoms with Gasteiger partial charge in [0.15, 0.2) is 0 Å². The second-order valence-electron chi connectivity index (χ2n) is 3.84. The van der Waals surface area contributed by atoms with Gasteiger partial charge in [-0.15, -0.1) is 0 Å². The lowest BCUT2D eigenvalue weighted by atomic mass is 10.1. The lowest BCUT2D eigenvalue weighted by Crippen LogP contribution is -2.05. The molecule has 2 N–H and O–H groups in total. The van der Waals surface area contributed by atoms with E-state index in [0.29, 0.717) is 6.61 Å². The summed E-state index contributed by atoms with van der Waals surface area (Å²) in [5, 5.41) is 0. The molecule has 0 radical (unpaired) electrons. The zero-order chi connectivity index (χ0) is 12.3. The van der Waals surface area contributed by atoms with Gasteiger partial charge < -0.3 is 14.9 Å². The van der Waals surface area contributed by atoms with Crippen LogP contribution in [0.1, 0.15) is 24.3 Å². The van der Waals surface area contributed by atoms with E-state index < -0.39 is 0 Å². The topological polar surface area (TPSA) is 48.4 Å². The first-order valence-corrected chi connectivity index (χ1v) is 6.16. The highest BCUT2D eigenvalue weighted by molar-refractivity contribution is 9.10. The molecule has 1 aromatic carbocycles. The van der Waals surface area contributed by atoms with Gasteiger partial charge in [0.1, 0.15) is 18.1 Å². The zero-order valence-electron chi connectivity index (χ0n) is 9.52. The number of rotatable bonds is 4. The molecule has 0 spiro atoms. The molecule has 4 heteroatoms. The van der Waals surface area contributed by atoms with Crippen LogP contribution in [0, 0.1) is 0 Å². The third kappa shape index (κ3) is 3.11. The molecule has 90 valence electrons. The predicted molar refractivity (Wildman–Crippen MR) is 69.8 cm³/mol. The summed E-state index contributed by atoms with van der Waals surface area (Å²) in [6.45, 7) is 2.38. The third-order valence-electron chi connectivity index (χ3n) is 2.42. The van der Waals surface area contributed by atoms with Gasteiger partial charge in [0, 0.05) is 10.5 Å². The monoisotopic (exact) mass is 295 g/mol. The molecule has 0 aliphatic carbocycles. The van der Waals surface area contributed by atoms with Crippen molar-refractivity contribution in [2.45, 2.75) is 19.6 Å². The fraction of sp³-hybridized carbons (Fsp3) is 0.231. The summed E-state index contributed by atoms with van der Waals surface area (Å²) < 4.78 is 11.8. The van der Waals surface area contributed by atoms with Crippen molar-refractivity contribution in [2.24, 2.45) is 5.73 Å². The maximum atomic E-state index is 5.83. The van der Waals surface area contributed by atoms with E-state index in [1.165, 1.54) is 0 Å². The molecule has 0 saturated carbocycles. The van der Waals surface area contributed by atoms with Gasteiger partial charge in [-0.25, -0.2) is 0 Å². The third-order valence-corrected chi connectivity index (χ3v) is 3.11. The van der Waals surface area contributed by atoms with Gasteiger partial charge in [0.25, 0.3) is 0 Å². The van der Waals surface area contributed by atoms with Crippen molar-refractivity contribution in [1.29, 1.82) is 0 Å². The van der Waals surface area contributed by atoms with Crippen LogP contribution in [-0.4, -0.2) is 0 Å². The first-order chi connectivity index (χ1) is 8.16. The van der Waals surface area contributed by atoms with Crippen LogP contribution in [0.3, 0.4) is 0 Å². The zero-order valence-corrected chi connectivity index (χ0v) is 11.1. The second kappa shape index (κ2) is 5.38. The minimum Gasteiger partial charge on any atom is -0.486 e. The molecule has 0 amide bonds. The van der Waals surface area contributed by atoms with Gasteiger partial charge in [0.05, 0.1) is 6.26 Å². The Morgan fingerprint density at radius 2 is 2.24 bits per heavy atom. The Labute approximate surface area is 109 Å². The Balaban J connectivity index is 2.05. The Morgan fingerprint density at radius 3 is 2.82 bits per heavy atom. The lowest BCUT2D eigenvalue weighted by Gasteiger charge is -2.10. The number of hydrogen-bond acceptors (Lipinski definition) is 3. The van der Waals surface area contributed by atoms with E-state index in [2.05, 4.69) is 15.9 Å². The van der Waals surface area contributed by atoms with Gasteiger partial charge in [-0.1, -0.05) is 22.0 Å². The molecule has 1 heterocycles. The molecular formula is C13H14BrNO2. The molecule has 17 heavy (non-hydrogen) atoms. The van der Waals surface area contributed by atoms with Crippen LogP contribution in [0.15, 0.2) is 45.5 Å². The molecule has 1 atom stereocenters. The highest BCUT2D eigenvalue weighted by Gasteiger charge is 2.06. The summed E-state index contributed by atoms with van der Waals surface area (Å²) in [6, 6.07) is 9.52. The molecular weight excluding hydrogens is 282 g/mol. The number of furan rings is 1. The molecule has 0 unspecified atom stereocenters. The van der Waals surface area contributed by atoms with Crippen molar-refractivity contribution in [3.05, 3.63) is 52.4 Å². The fourth-order valence-electron chi connectivity index (χ4n) is 1.52. The highest BCUT2D eigenvalue weighted by Crippen LogP contribution is 2.27. The largest absolute Gasteiger partial charge is 0.486 e. The summed E-state index contributed by atoms with van der Waals surface area (Å²) in [4.78, 5) is 0. The van der Waals surface area contributed by atoms with Crippen LogP contribution >= 0.6 is 15.9 Å². The average Bonchev–Trinajstić information content (AvgIpc) is 2.78. The normalized spacial score (nSPS) is 12.4. The second-order valence-corrected chi connectivity index (χ2v) is 4.69. The smallest absolute Gasteiger partial charge is 0.146 e. The van der Waals surface area contributed by atoms with Crippen LogP contribution in [0.25, 0.3) is 0 Å². The SMILES string of the molecule is C[C@H](N)c1ccc(OCc2ccco2)cc1Br. The van der Waals surface area contributed by atoms with Crippen molar-refractivity contribution in [1.82, 2.24) is 0 Å².